The van der Waals surface area contributed by atoms with Gasteiger partial charge >= 0.3 is 0 Å². The van der Waals surface area contributed by atoms with Gasteiger partial charge in [-0.15, -0.1) is 24.0 Å². The molecule has 0 aromatic heterocycles. The summed E-state index contributed by atoms with van der Waals surface area (Å²) < 4.78 is 0. The van der Waals surface area contributed by atoms with E-state index in [1.165, 1.54) is 36.0 Å². The highest BCUT2D eigenvalue weighted by Crippen LogP contribution is 2.43. The van der Waals surface area contributed by atoms with Crippen molar-refractivity contribution in [2.75, 3.05) is 20.1 Å². The van der Waals surface area contributed by atoms with Gasteiger partial charge in [-0.2, -0.15) is 0 Å². The zero-order valence-corrected chi connectivity index (χ0v) is 20.6. The second kappa shape index (κ2) is 11.0. The van der Waals surface area contributed by atoms with Crippen molar-refractivity contribution in [1.82, 2.24) is 15.5 Å². The number of guanidine groups is 1. The average molecular weight is 532 g/mol. The summed E-state index contributed by atoms with van der Waals surface area (Å²) in [4.78, 5) is 18.9. The molecule has 0 atom stereocenters. The number of hydrogen-bond donors (Lipinski definition) is 2. The molecule has 6 heteroatoms. The molecule has 0 bridgehead atoms. The fourth-order valence-corrected chi connectivity index (χ4v) is 4.55. The molecule has 1 fully saturated rings. The smallest absolute Gasteiger partial charge is 0.223 e. The second-order valence-corrected chi connectivity index (χ2v) is 8.47. The van der Waals surface area contributed by atoms with E-state index in [0.29, 0.717) is 6.42 Å². The van der Waals surface area contributed by atoms with Crippen molar-refractivity contribution in [3.63, 3.8) is 0 Å². The maximum Gasteiger partial charge on any atom is 0.223 e. The molecule has 0 unspecified atom stereocenters. The number of amides is 1. The van der Waals surface area contributed by atoms with Crippen LogP contribution in [-0.2, 0) is 23.3 Å². The van der Waals surface area contributed by atoms with E-state index in [1.54, 1.807) is 7.05 Å². The Morgan fingerprint density at radius 2 is 1.65 bits per heavy atom. The zero-order valence-electron chi connectivity index (χ0n) is 18.3. The highest BCUT2D eigenvalue weighted by atomic mass is 127. The lowest BCUT2D eigenvalue weighted by molar-refractivity contribution is -0.131. The van der Waals surface area contributed by atoms with Crippen LogP contribution in [0.25, 0.3) is 0 Å². The van der Waals surface area contributed by atoms with Crippen LogP contribution < -0.4 is 10.6 Å². The molecule has 2 N–H and O–H groups in total. The van der Waals surface area contributed by atoms with Gasteiger partial charge in [-0.25, -0.2) is 0 Å². The molecule has 1 aliphatic heterocycles. The Labute approximate surface area is 202 Å². The van der Waals surface area contributed by atoms with E-state index in [1.807, 2.05) is 17.0 Å². The first-order valence-electron chi connectivity index (χ1n) is 11.0. The lowest BCUT2D eigenvalue weighted by Gasteiger charge is -2.43. The molecular weight excluding hydrogens is 499 g/mol. The first-order valence-corrected chi connectivity index (χ1v) is 11.0. The van der Waals surface area contributed by atoms with E-state index in [2.05, 4.69) is 58.1 Å². The number of nitrogens with zero attached hydrogens (tertiary/aromatic N) is 2. The van der Waals surface area contributed by atoms with Crippen LogP contribution in [0.5, 0.6) is 0 Å². The lowest BCUT2D eigenvalue weighted by atomic mass is 9.64. The Morgan fingerprint density at radius 1 is 1.00 bits per heavy atom. The number of carbonyl (C=O) groups is 1. The predicted molar refractivity (Wildman–Crippen MR) is 137 cm³/mol. The van der Waals surface area contributed by atoms with Crippen molar-refractivity contribution >= 4 is 35.8 Å². The monoisotopic (exact) mass is 532 g/mol. The van der Waals surface area contributed by atoms with E-state index >= 15 is 0 Å². The third-order valence-corrected chi connectivity index (χ3v) is 6.57. The summed E-state index contributed by atoms with van der Waals surface area (Å²) in [6, 6.07) is 19.1. The molecule has 1 saturated carbocycles. The van der Waals surface area contributed by atoms with Crippen LogP contribution >= 0.6 is 24.0 Å². The zero-order chi connectivity index (χ0) is 20.8. The van der Waals surface area contributed by atoms with Gasteiger partial charge < -0.3 is 15.5 Å². The molecule has 0 radical (unpaired) electrons. The van der Waals surface area contributed by atoms with Gasteiger partial charge in [0.1, 0.15) is 0 Å². The Balaban J connectivity index is 0.00000272. The second-order valence-electron chi connectivity index (χ2n) is 8.47. The summed E-state index contributed by atoms with van der Waals surface area (Å²) in [6.07, 6.45) is 5.08. The van der Waals surface area contributed by atoms with Gasteiger partial charge in [-0.05, 0) is 36.0 Å². The number of carbonyl (C=O) groups excluding carboxylic acids is 1. The first-order chi connectivity index (χ1) is 14.7. The largest absolute Gasteiger partial charge is 0.356 e. The van der Waals surface area contributed by atoms with E-state index in [4.69, 9.17) is 0 Å². The quantitative estimate of drug-likeness (QED) is 0.243. The van der Waals surface area contributed by atoms with Gasteiger partial charge in [0.2, 0.25) is 5.91 Å². The number of fused-ring (bicyclic) bond motifs is 1. The maximum atomic E-state index is 12.5. The Hall–Kier alpha value is -2.09. The van der Waals surface area contributed by atoms with Gasteiger partial charge in [-0.3, -0.25) is 9.79 Å². The van der Waals surface area contributed by atoms with Crippen molar-refractivity contribution in [2.24, 2.45) is 4.99 Å². The van der Waals surface area contributed by atoms with Gasteiger partial charge in [0.05, 0.1) is 0 Å². The Kier molecular flexibility index (Phi) is 8.35. The van der Waals surface area contributed by atoms with E-state index in [-0.39, 0.29) is 35.3 Å². The molecule has 4 rings (SSSR count). The standard InChI is InChI=1S/C25H32N4O.HI/c1-26-24(28-19-25(14-8-15-25)22-11-3-2-4-12-22)27-16-7-13-23(30)29-17-20-9-5-6-10-21(20)18-29;/h2-6,9-12H,7-8,13-19H2,1H3,(H2,26,27,28);1H. The van der Waals surface area contributed by atoms with E-state index in [0.717, 1.165) is 38.6 Å². The molecule has 166 valence electrons. The summed E-state index contributed by atoms with van der Waals surface area (Å²) >= 11 is 0. The average Bonchev–Trinajstić information content (AvgIpc) is 3.19. The van der Waals surface area contributed by atoms with Gasteiger partial charge in [0.25, 0.3) is 0 Å². The van der Waals surface area contributed by atoms with Crippen molar-refractivity contribution in [1.29, 1.82) is 0 Å². The third-order valence-electron chi connectivity index (χ3n) is 6.57. The fourth-order valence-electron chi connectivity index (χ4n) is 4.55. The molecule has 1 aliphatic carbocycles. The summed E-state index contributed by atoms with van der Waals surface area (Å²) in [5.41, 5.74) is 4.19. The molecule has 31 heavy (non-hydrogen) atoms. The van der Waals surface area contributed by atoms with Crippen LogP contribution in [0.3, 0.4) is 0 Å². The molecule has 2 aliphatic rings. The summed E-state index contributed by atoms with van der Waals surface area (Å²) in [6.45, 7) is 3.12. The number of nitrogens with one attached hydrogen (secondary N) is 2. The molecule has 2 aromatic carbocycles. The van der Waals surface area contributed by atoms with Crippen LogP contribution in [0.4, 0.5) is 0 Å². The van der Waals surface area contributed by atoms with E-state index < -0.39 is 0 Å². The van der Waals surface area contributed by atoms with Gasteiger partial charge in [0, 0.05) is 45.1 Å². The van der Waals surface area contributed by atoms with Crippen molar-refractivity contribution in [3.05, 3.63) is 71.3 Å². The number of aliphatic imine (C=N–C) groups is 1. The van der Waals surface area contributed by atoms with Crippen molar-refractivity contribution in [2.45, 2.75) is 50.6 Å². The minimum absolute atomic E-state index is 0. The number of rotatable bonds is 7. The molecule has 1 heterocycles. The molecule has 0 saturated heterocycles. The minimum Gasteiger partial charge on any atom is -0.356 e. The molecule has 0 spiro atoms. The highest BCUT2D eigenvalue weighted by Gasteiger charge is 2.38. The first kappa shape index (κ1) is 23.6. The van der Waals surface area contributed by atoms with Crippen molar-refractivity contribution < 1.29 is 4.79 Å². The summed E-state index contributed by atoms with van der Waals surface area (Å²) in [7, 11) is 1.80. The normalized spacial score (nSPS) is 16.7. The fraction of sp³-hybridized carbons (Fsp3) is 0.440. The molecule has 1 amide bonds. The van der Waals surface area contributed by atoms with Crippen LogP contribution in [0, 0.1) is 0 Å². The number of benzene rings is 2. The van der Waals surface area contributed by atoms with E-state index in [9.17, 15) is 4.79 Å². The number of hydrogen-bond acceptors (Lipinski definition) is 2. The lowest BCUT2D eigenvalue weighted by Crippen LogP contribution is -2.49. The summed E-state index contributed by atoms with van der Waals surface area (Å²) in [5.74, 6) is 1.05. The Morgan fingerprint density at radius 3 is 2.23 bits per heavy atom. The van der Waals surface area contributed by atoms with Gasteiger partial charge in [0.15, 0.2) is 5.96 Å². The number of halogens is 1. The highest BCUT2D eigenvalue weighted by molar-refractivity contribution is 14.0. The summed E-state index contributed by atoms with van der Waals surface area (Å²) in [5, 5.41) is 6.88. The molecule has 5 nitrogen and oxygen atoms in total. The minimum atomic E-state index is 0. The topological polar surface area (TPSA) is 56.7 Å². The molecule has 2 aromatic rings. The van der Waals surface area contributed by atoms with Crippen molar-refractivity contribution in [3.8, 4) is 0 Å². The Bertz CT molecular complexity index is 870. The van der Waals surface area contributed by atoms with Crippen LogP contribution in [-0.4, -0.2) is 36.9 Å². The third kappa shape index (κ3) is 5.59. The maximum absolute atomic E-state index is 12.5. The SMILES string of the molecule is CN=C(NCCCC(=O)N1Cc2ccccc2C1)NCC1(c2ccccc2)CCC1.I. The van der Waals surface area contributed by atoms with Crippen LogP contribution in [0.2, 0.25) is 0 Å². The van der Waals surface area contributed by atoms with Gasteiger partial charge in [-0.1, -0.05) is 61.0 Å². The van der Waals surface area contributed by atoms with Crippen LogP contribution in [0.15, 0.2) is 59.6 Å². The molecular formula is C25H33IN4O. The predicted octanol–water partition coefficient (Wildman–Crippen LogP) is 4.21. The van der Waals surface area contributed by atoms with Crippen LogP contribution in [0.1, 0.15) is 48.8 Å².